The number of ketones is 1. The maximum atomic E-state index is 13.2. The van der Waals surface area contributed by atoms with E-state index in [2.05, 4.69) is 11.7 Å². The summed E-state index contributed by atoms with van der Waals surface area (Å²) in [4.78, 5) is 27.4. The van der Waals surface area contributed by atoms with Crippen molar-refractivity contribution in [3.05, 3.63) is 83.3 Å². The summed E-state index contributed by atoms with van der Waals surface area (Å²) in [5.41, 5.74) is 0.193. The molecule has 1 atom stereocenters. The highest BCUT2D eigenvalue weighted by molar-refractivity contribution is 6.51. The molecule has 0 radical (unpaired) electrons. The van der Waals surface area contributed by atoms with Crippen LogP contribution in [0.4, 0.5) is 18.9 Å². The molecule has 10 heteroatoms. The van der Waals surface area contributed by atoms with Crippen LogP contribution in [0.1, 0.15) is 49.3 Å². The molecule has 0 aliphatic carbocycles. The standard InChI is InChI=1S/C28H26F3NO6/c1-3-4-5-16-36-20-11-7-18(8-12-20)25(33)23-24(22-15-6-17(2)37-22)32(27(35)26(23)34)19-9-13-21(14-10-19)38-28(29,30)31/h6-15,24,33H,3-5,16H2,1-2H3/b25-23-. The predicted molar refractivity (Wildman–Crippen MR) is 133 cm³/mol. The number of halogens is 3. The average Bonchev–Trinajstić information content (AvgIpc) is 3.42. The number of hydrogen-bond acceptors (Lipinski definition) is 6. The molecule has 2 heterocycles. The Morgan fingerprint density at radius 3 is 2.21 bits per heavy atom. The fraction of sp³-hybridized carbons (Fsp3) is 0.286. The van der Waals surface area contributed by atoms with Crippen molar-refractivity contribution in [3.63, 3.8) is 0 Å². The number of benzene rings is 2. The number of unbranched alkanes of at least 4 members (excludes halogenated alkanes) is 2. The molecule has 4 rings (SSSR count). The minimum Gasteiger partial charge on any atom is -0.507 e. The molecule has 0 bridgehead atoms. The van der Waals surface area contributed by atoms with E-state index < -0.39 is 35.6 Å². The van der Waals surface area contributed by atoms with E-state index in [9.17, 15) is 27.9 Å². The third kappa shape index (κ3) is 5.85. The molecule has 2 aromatic carbocycles. The van der Waals surface area contributed by atoms with Crippen LogP contribution in [0.5, 0.6) is 11.5 Å². The van der Waals surface area contributed by atoms with Crippen LogP contribution in [-0.4, -0.2) is 29.8 Å². The van der Waals surface area contributed by atoms with Crippen LogP contribution in [0.25, 0.3) is 5.76 Å². The minimum atomic E-state index is -4.88. The van der Waals surface area contributed by atoms with Gasteiger partial charge < -0.3 is 19.0 Å². The van der Waals surface area contributed by atoms with Gasteiger partial charge in [-0.25, -0.2) is 0 Å². The van der Waals surface area contributed by atoms with Crippen molar-refractivity contribution in [1.82, 2.24) is 0 Å². The van der Waals surface area contributed by atoms with E-state index in [0.717, 1.165) is 36.3 Å². The van der Waals surface area contributed by atoms with Crippen LogP contribution in [0, 0.1) is 6.92 Å². The van der Waals surface area contributed by atoms with Gasteiger partial charge in [-0.2, -0.15) is 0 Å². The Hall–Kier alpha value is -4.21. The van der Waals surface area contributed by atoms with Gasteiger partial charge in [0.05, 0.1) is 12.2 Å². The van der Waals surface area contributed by atoms with Gasteiger partial charge in [-0.05, 0) is 74.0 Å². The van der Waals surface area contributed by atoms with Crippen molar-refractivity contribution in [2.24, 2.45) is 0 Å². The first-order valence-electron chi connectivity index (χ1n) is 12.1. The lowest BCUT2D eigenvalue weighted by Crippen LogP contribution is -2.29. The second kappa shape index (κ2) is 11.0. The molecular weight excluding hydrogens is 503 g/mol. The lowest BCUT2D eigenvalue weighted by molar-refractivity contribution is -0.274. The van der Waals surface area contributed by atoms with Crippen LogP contribution < -0.4 is 14.4 Å². The van der Waals surface area contributed by atoms with E-state index >= 15 is 0 Å². The maximum absolute atomic E-state index is 13.2. The molecule has 38 heavy (non-hydrogen) atoms. The Labute approximate surface area is 217 Å². The van der Waals surface area contributed by atoms with E-state index in [1.165, 1.54) is 12.1 Å². The zero-order chi connectivity index (χ0) is 27.4. The Balaban J connectivity index is 1.70. The van der Waals surface area contributed by atoms with Gasteiger partial charge in [0.1, 0.15) is 34.8 Å². The van der Waals surface area contributed by atoms with E-state index in [1.807, 2.05) is 0 Å². The lowest BCUT2D eigenvalue weighted by atomic mass is 9.99. The Kier molecular flexibility index (Phi) is 7.80. The molecule has 1 aliphatic rings. The fourth-order valence-corrected chi connectivity index (χ4v) is 4.18. The van der Waals surface area contributed by atoms with Crippen LogP contribution >= 0.6 is 0 Å². The number of aliphatic hydroxyl groups excluding tert-OH is 1. The van der Waals surface area contributed by atoms with Crippen molar-refractivity contribution < 1.29 is 41.8 Å². The van der Waals surface area contributed by atoms with Crippen molar-refractivity contribution in [2.45, 2.75) is 45.5 Å². The van der Waals surface area contributed by atoms with Gasteiger partial charge in [-0.3, -0.25) is 14.5 Å². The van der Waals surface area contributed by atoms with Gasteiger partial charge in [0, 0.05) is 11.3 Å². The highest BCUT2D eigenvalue weighted by Crippen LogP contribution is 2.43. The van der Waals surface area contributed by atoms with Crippen LogP contribution in [0.3, 0.4) is 0 Å². The summed E-state index contributed by atoms with van der Waals surface area (Å²) in [6.07, 6.45) is -1.86. The van der Waals surface area contributed by atoms with E-state index in [0.29, 0.717) is 18.1 Å². The molecule has 3 aromatic rings. The van der Waals surface area contributed by atoms with Gasteiger partial charge in [-0.15, -0.1) is 13.2 Å². The Bertz CT molecular complexity index is 1330. The average molecular weight is 530 g/mol. The van der Waals surface area contributed by atoms with Gasteiger partial charge in [0.15, 0.2) is 0 Å². The third-order valence-corrected chi connectivity index (χ3v) is 5.97. The number of amides is 1. The molecule has 7 nitrogen and oxygen atoms in total. The zero-order valence-corrected chi connectivity index (χ0v) is 20.7. The first kappa shape index (κ1) is 26.8. The first-order valence-corrected chi connectivity index (χ1v) is 12.1. The molecule has 1 unspecified atom stereocenters. The van der Waals surface area contributed by atoms with Crippen LogP contribution in [0.2, 0.25) is 0 Å². The van der Waals surface area contributed by atoms with Crippen LogP contribution in [0.15, 0.2) is 70.7 Å². The van der Waals surface area contributed by atoms with Gasteiger partial charge in [0.25, 0.3) is 11.7 Å². The molecule has 1 fully saturated rings. The number of ether oxygens (including phenoxy) is 2. The second-order valence-corrected chi connectivity index (χ2v) is 8.74. The van der Waals surface area contributed by atoms with Crippen molar-refractivity contribution >= 4 is 23.1 Å². The lowest BCUT2D eigenvalue weighted by Gasteiger charge is -2.23. The maximum Gasteiger partial charge on any atom is 0.573 e. The highest BCUT2D eigenvalue weighted by atomic mass is 19.4. The summed E-state index contributed by atoms with van der Waals surface area (Å²) in [7, 11) is 0. The Morgan fingerprint density at radius 1 is 0.974 bits per heavy atom. The molecule has 0 saturated carbocycles. The largest absolute Gasteiger partial charge is 0.573 e. The number of carbonyl (C=O) groups excluding carboxylic acids is 2. The van der Waals surface area contributed by atoms with Gasteiger partial charge >= 0.3 is 6.36 Å². The summed E-state index contributed by atoms with van der Waals surface area (Å²) in [6.45, 7) is 4.32. The SMILES string of the molecule is CCCCCOc1ccc(/C(O)=C2/C(=O)C(=O)N(c3ccc(OC(F)(F)F)cc3)C2c2ccc(C)o2)cc1. The number of anilines is 1. The number of hydrogen-bond donors (Lipinski definition) is 1. The quantitative estimate of drug-likeness (QED) is 0.144. The summed E-state index contributed by atoms with van der Waals surface area (Å²) in [5, 5.41) is 11.2. The topological polar surface area (TPSA) is 89.2 Å². The van der Waals surface area contributed by atoms with Gasteiger partial charge in [-0.1, -0.05) is 19.8 Å². The van der Waals surface area contributed by atoms with E-state index in [-0.39, 0.29) is 22.6 Å². The third-order valence-electron chi connectivity index (χ3n) is 5.97. The summed E-state index contributed by atoms with van der Waals surface area (Å²) >= 11 is 0. The molecular formula is C28H26F3NO6. The zero-order valence-electron chi connectivity index (χ0n) is 20.7. The van der Waals surface area contributed by atoms with Gasteiger partial charge in [0.2, 0.25) is 0 Å². The molecule has 200 valence electrons. The molecule has 1 amide bonds. The van der Waals surface area contributed by atoms with Crippen molar-refractivity contribution in [1.29, 1.82) is 0 Å². The van der Waals surface area contributed by atoms with Crippen molar-refractivity contribution in [2.75, 3.05) is 11.5 Å². The number of aryl methyl sites for hydroxylation is 1. The number of alkyl halides is 3. The number of furan rings is 1. The number of Topliss-reactive ketones (excluding diaryl/α,β-unsaturated/α-hetero) is 1. The molecule has 1 aliphatic heterocycles. The smallest absolute Gasteiger partial charge is 0.507 e. The summed E-state index contributed by atoms with van der Waals surface area (Å²) < 4.78 is 53.0. The summed E-state index contributed by atoms with van der Waals surface area (Å²) in [5.74, 6) is -1.53. The summed E-state index contributed by atoms with van der Waals surface area (Å²) in [6, 6.07) is 13.0. The number of nitrogens with zero attached hydrogens (tertiary/aromatic N) is 1. The fourth-order valence-electron chi connectivity index (χ4n) is 4.18. The molecule has 1 N–H and O–H groups in total. The van der Waals surface area contributed by atoms with E-state index in [1.54, 1.807) is 43.3 Å². The van der Waals surface area contributed by atoms with Crippen molar-refractivity contribution in [3.8, 4) is 11.5 Å². The first-order chi connectivity index (χ1) is 18.1. The molecule has 1 saturated heterocycles. The monoisotopic (exact) mass is 529 g/mol. The highest BCUT2D eigenvalue weighted by Gasteiger charge is 2.48. The second-order valence-electron chi connectivity index (χ2n) is 8.74. The number of rotatable bonds is 9. The minimum absolute atomic E-state index is 0.121. The van der Waals surface area contributed by atoms with Crippen LogP contribution in [-0.2, 0) is 9.59 Å². The number of carbonyl (C=O) groups is 2. The number of aliphatic hydroxyl groups is 1. The van der Waals surface area contributed by atoms with E-state index in [4.69, 9.17) is 9.15 Å². The predicted octanol–water partition coefficient (Wildman–Crippen LogP) is 6.68. The molecule has 0 spiro atoms. The molecule has 1 aromatic heterocycles. The Morgan fingerprint density at radius 2 is 1.63 bits per heavy atom. The normalized spacial score (nSPS) is 17.2.